The summed E-state index contributed by atoms with van der Waals surface area (Å²) < 4.78 is 5.67. The molecule has 0 aliphatic carbocycles. The molecular weight excluding hydrogens is 224 g/mol. The van der Waals surface area contributed by atoms with Gasteiger partial charge >= 0.3 is 0 Å². The molecule has 1 aromatic rings. The lowest BCUT2D eigenvalue weighted by Crippen LogP contribution is -2.44. The van der Waals surface area contributed by atoms with Crippen molar-refractivity contribution >= 4 is 0 Å². The molecule has 3 heteroatoms. The van der Waals surface area contributed by atoms with Crippen LogP contribution in [-0.4, -0.2) is 38.7 Å². The third kappa shape index (κ3) is 2.38. The van der Waals surface area contributed by atoms with E-state index >= 15 is 0 Å². The summed E-state index contributed by atoms with van der Waals surface area (Å²) in [6.45, 7) is 9.67. The molecule has 1 aliphatic rings. The van der Waals surface area contributed by atoms with Gasteiger partial charge in [-0.1, -0.05) is 6.07 Å². The van der Waals surface area contributed by atoms with Crippen LogP contribution in [0.5, 0.6) is 5.75 Å². The predicted molar refractivity (Wildman–Crippen MR) is 75.4 cm³/mol. The summed E-state index contributed by atoms with van der Waals surface area (Å²) >= 11 is 0. The van der Waals surface area contributed by atoms with Gasteiger partial charge < -0.3 is 15.0 Å². The highest BCUT2D eigenvalue weighted by Crippen LogP contribution is 2.34. The van der Waals surface area contributed by atoms with E-state index in [2.05, 4.69) is 44.1 Å². The number of benzene rings is 1. The zero-order valence-corrected chi connectivity index (χ0v) is 12.1. The van der Waals surface area contributed by atoms with Gasteiger partial charge in [-0.2, -0.15) is 0 Å². The minimum Gasteiger partial charge on any atom is -0.496 e. The van der Waals surface area contributed by atoms with Crippen LogP contribution in [0.1, 0.15) is 28.3 Å². The summed E-state index contributed by atoms with van der Waals surface area (Å²) in [5.74, 6) is 1.06. The van der Waals surface area contributed by atoms with E-state index in [0.717, 1.165) is 25.4 Å². The Morgan fingerprint density at radius 3 is 2.61 bits per heavy atom. The number of hydrogen-bond acceptors (Lipinski definition) is 3. The molecule has 0 bridgehead atoms. The Labute approximate surface area is 110 Å². The maximum atomic E-state index is 5.67. The van der Waals surface area contributed by atoms with Crippen LogP contribution in [0.4, 0.5) is 0 Å². The minimum absolute atomic E-state index is 0.373. The fourth-order valence-corrected chi connectivity index (χ4v) is 2.86. The average Bonchev–Trinajstić information content (AvgIpc) is 2.33. The van der Waals surface area contributed by atoms with Crippen molar-refractivity contribution in [2.45, 2.75) is 26.8 Å². The molecule has 1 aliphatic heterocycles. The van der Waals surface area contributed by atoms with Crippen molar-refractivity contribution in [3.8, 4) is 5.75 Å². The van der Waals surface area contributed by atoms with E-state index in [0.29, 0.717) is 6.04 Å². The number of likely N-dealkylation sites (N-methyl/N-ethyl adjacent to an activating group) is 1. The Bertz CT molecular complexity index is 443. The van der Waals surface area contributed by atoms with E-state index in [9.17, 15) is 0 Å². The van der Waals surface area contributed by atoms with Crippen LogP contribution in [0.3, 0.4) is 0 Å². The van der Waals surface area contributed by atoms with Crippen LogP contribution < -0.4 is 10.1 Å². The van der Waals surface area contributed by atoms with Gasteiger partial charge in [0, 0.05) is 31.2 Å². The van der Waals surface area contributed by atoms with E-state index in [4.69, 9.17) is 4.74 Å². The molecule has 18 heavy (non-hydrogen) atoms. The van der Waals surface area contributed by atoms with Gasteiger partial charge in [0.15, 0.2) is 0 Å². The van der Waals surface area contributed by atoms with Gasteiger partial charge in [0.05, 0.1) is 7.11 Å². The summed E-state index contributed by atoms with van der Waals surface area (Å²) in [4.78, 5) is 2.37. The first-order valence-electron chi connectivity index (χ1n) is 6.61. The van der Waals surface area contributed by atoms with Crippen molar-refractivity contribution in [2.75, 3.05) is 33.8 Å². The number of ether oxygens (including phenoxy) is 1. The highest BCUT2D eigenvalue weighted by molar-refractivity contribution is 5.51. The van der Waals surface area contributed by atoms with Crippen molar-refractivity contribution in [1.82, 2.24) is 10.2 Å². The van der Waals surface area contributed by atoms with Crippen molar-refractivity contribution in [1.29, 1.82) is 0 Å². The summed E-state index contributed by atoms with van der Waals surface area (Å²) in [5.41, 5.74) is 5.21. The van der Waals surface area contributed by atoms with Crippen molar-refractivity contribution in [3.05, 3.63) is 28.3 Å². The van der Waals surface area contributed by atoms with Crippen LogP contribution >= 0.6 is 0 Å². The molecule has 1 aromatic carbocycles. The van der Waals surface area contributed by atoms with E-state index in [-0.39, 0.29) is 0 Å². The Morgan fingerprint density at radius 2 is 2.00 bits per heavy atom. The lowest BCUT2D eigenvalue weighted by Gasteiger charge is -2.33. The lowest BCUT2D eigenvalue weighted by atomic mass is 9.93. The molecule has 3 nitrogen and oxygen atoms in total. The molecule has 0 aromatic heterocycles. The van der Waals surface area contributed by atoms with Crippen molar-refractivity contribution in [3.63, 3.8) is 0 Å². The number of hydrogen-bond donors (Lipinski definition) is 1. The average molecular weight is 248 g/mol. The predicted octanol–water partition coefficient (Wildman–Crippen LogP) is 2.20. The first-order valence-corrected chi connectivity index (χ1v) is 6.61. The van der Waals surface area contributed by atoms with Gasteiger partial charge in [-0.3, -0.25) is 0 Å². The monoisotopic (exact) mass is 248 g/mol. The summed E-state index contributed by atoms with van der Waals surface area (Å²) in [6, 6.07) is 2.64. The number of aryl methyl sites for hydroxylation is 2. The van der Waals surface area contributed by atoms with Gasteiger partial charge in [-0.15, -0.1) is 0 Å². The highest BCUT2D eigenvalue weighted by Gasteiger charge is 2.24. The Kier molecular flexibility index (Phi) is 3.93. The first-order chi connectivity index (χ1) is 8.54. The second-order valence-corrected chi connectivity index (χ2v) is 5.35. The Balaban J connectivity index is 2.45. The van der Waals surface area contributed by atoms with E-state index in [1.807, 2.05) is 0 Å². The van der Waals surface area contributed by atoms with Crippen LogP contribution in [0.25, 0.3) is 0 Å². The fraction of sp³-hybridized carbons (Fsp3) is 0.600. The second-order valence-electron chi connectivity index (χ2n) is 5.35. The molecule has 100 valence electrons. The summed E-state index contributed by atoms with van der Waals surface area (Å²) in [6.07, 6.45) is 0. The molecule has 0 spiro atoms. The van der Waals surface area contributed by atoms with Crippen molar-refractivity contribution in [2.24, 2.45) is 0 Å². The topological polar surface area (TPSA) is 24.5 Å². The van der Waals surface area contributed by atoms with Crippen LogP contribution in [-0.2, 0) is 0 Å². The first kappa shape index (κ1) is 13.4. The fourth-order valence-electron chi connectivity index (χ4n) is 2.86. The van der Waals surface area contributed by atoms with Crippen LogP contribution in [0.15, 0.2) is 6.07 Å². The standard InChI is InChI=1S/C15H24N2O/c1-10-8-11(2)14(15(18-5)12(10)3)13-9-17(4)7-6-16-13/h8,13,16H,6-7,9H2,1-5H3. The molecule has 1 heterocycles. The van der Waals surface area contributed by atoms with Crippen LogP contribution in [0.2, 0.25) is 0 Å². The number of nitrogens with one attached hydrogen (secondary N) is 1. The summed E-state index contributed by atoms with van der Waals surface area (Å²) in [7, 11) is 3.95. The molecule has 1 atom stereocenters. The number of nitrogens with zero attached hydrogens (tertiary/aromatic N) is 1. The molecule has 0 radical (unpaired) electrons. The molecule has 1 saturated heterocycles. The lowest BCUT2D eigenvalue weighted by molar-refractivity contribution is 0.237. The van der Waals surface area contributed by atoms with Gasteiger partial charge in [0.25, 0.3) is 0 Å². The Morgan fingerprint density at radius 1 is 1.28 bits per heavy atom. The van der Waals surface area contributed by atoms with Gasteiger partial charge in [-0.25, -0.2) is 0 Å². The molecular formula is C15H24N2O. The minimum atomic E-state index is 0.373. The van der Waals surface area contributed by atoms with Gasteiger partial charge in [0.2, 0.25) is 0 Å². The third-order valence-corrected chi connectivity index (χ3v) is 3.97. The van der Waals surface area contributed by atoms with E-state index in [1.54, 1.807) is 7.11 Å². The van der Waals surface area contributed by atoms with Gasteiger partial charge in [0.1, 0.15) is 5.75 Å². The Hall–Kier alpha value is -1.06. The maximum Gasteiger partial charge on any atom is 0.127 e. The molecule has 1 unspecified atom stereocenters. The van der Waals surface area contributed by atoms with Crippen LogP contribution in [0, 0.1) is 20.8 Å². The normalized spacial score (nSPS) is 21.1. The van der Waals surface area contributed by atoms with Gasteiger partial charge in [-0.05, 0) is 44.5 Å². The third-order valence-electron chi connectivity index (χ3n) is 3.97. The zero-order valence-electron chi connectivity index (χ0n) is 12.1. The SMILES string of the molecule is COc1c(C)c(C)cc(C)c1C1CN(C)CCN1. The zero-order chi connectivity index (χ0) is 13.3. The number of rotatable bonds is 2. The number of piperazine rings is 1. The molecule has 0 saturated carbocycles. The number of methoxy groups -OCH3 is 1. The largest absolute Gasteiger partial charge is 0.496 e. The van der Waals surface area contributed by atoms with E-state index < -0.39 is 0 Å². The molecule has 2 rings (SSSR count). The van der Waals surface area contributed by atoms with E-state index in [1.165, 1.54) is 22.3 Å². The quantitative estimate of drug-likeness (QED) is 0.868. The van der Waals surface area contributed by atoms with Crippen molar-refractivity contribution < 1.29 is 4.74 Å². The summed E-state index contributed by atoms with van der Waals surface area (Å²) in [5, 5.41) is 3.61. The maximum absolute atomic E-state index is 5.67. The molecule has 0 amide bonds. The molecule has 1 N–H and O–H groups in total. The second kappa shape index (κ2) is 5.29. The smallest absolute Gasteiger partial charge is 0.127 e. The highest BCUT2D eigenvalue weighted by atomic mass is 16.5. The molecule has 1 fully saturated rings.